The van der Waals surface area contributed by atoms with Crippen molar-refractivity contribution in [3.63, 3.8) is 0 Å². The van der Waals surface area contributed by atoms with Gasteiger partial charge in [0.15, 0.2) is 0 Å². The predicted molar refractivity (Wildman–Crippen MR) is 63.4 cm³/mol. The maximum atomic E-state index is 11.0. The third-order valence-electron chi connectivity index (χ3n) is 2.38. The van der Waals surface area contributed by atoms with Gasteiger partial charge in [-0.2, -0.15) is 0 Å². The summed E-state index contributed by atoms with van der Waals surface area (Å²) in [4.78, 5) is 13.1. The first kappa shape index (κ1) is 10.5. The number of carbonyl (C=O) groups excluding carboxylic acids is 1. The molecule has 0 aromatic heterocycles. The maximum absolute atomic E-state index is 11.0. The number of esters is 1. The number of rotatable bonds is 3. The van der Waals surface area contributed by atoms with E-state index in [4.69, 9.17) is 4.74 Å². The molecule has 0 radical (unpaired) electrons. The third kappa shape index (κ3) is 2.31. The zero-order valence-electron chi connectivity index (χ0n) is 8.93. The SMILES string of the molecule is C=CC(=O)Oc1ccc(N2C=CCC2)cc1. The van der Waals surface area contributed by atoms with E-state index in [1.54, 1.807) is 12.1 Å². The van der Waals surface area contributed by atoms with Gasteiger partial charge in [0.1, 0.15) is 5.75 Å². The molecule has 0 bridgehead atoms. The maximum Gasteiger partial charge on any atom is 0.335 e. The molecule has 3 nitrogen and oxygen atoms in total. The van der Waals surface area contributed by atoms with E-state index in [1.807, 2.05) is 12.1 Å². The van der Waals surface area contributed by atoms with Crippen molar-refractivity contribution in [3.8, 4) is 5.75 Å². The summed E-state index contributed by atoms with van der Waals surface area (Å²) < 4.78 is 4.99. The Labute approximate surface area is 94.6 Å². The summed E-state index contributed by atoms with van der Waals surface area (Å²) in [6.07, 6.45) is 6.42. The lowest BCUT2D eigenvalue weighted by Gasteiger charge is -2.15. The molecule has 3 heteroatoms. The van der Waals surface area contributed by atoms with E-state index in [1.165, 1.54) is 0 Å². The molecule has 0 saturated heterocycles. The predicted octanol–water partition coefficient (Wildman–Crippen LogP) is 2.50. The van der Waals surface area contributed by atoms with Crippen molar-refractivity contribution in [3.05, 3.63) is 49.2 Å². The molecule has 0 atom stereocenters. The quantitative estimate of drug-likeness (QED) is 0.441. The van der Waals surface area contributed by atoms with E-state index in [0.717, 1.165) is 24.7 Å². The van der Waals surface area contributed by atoms with E-state index in [-0.39, 0.29) is 0 Å². The van der Waals surface area contributed by atoms with Crippen LogP contribution in [0.3, 0.4) is 0 Å². The first-order chi connectivity index (χ1) is 7.79. The van der Waals surface area contributed by atoms with Gasteiger partial charge in [0, 0.05) is 24.5 Å². The zero-order valence-corrected chi connectivity index (χ0v) is 8.93. The van der Waals surface area contributed by atoms with E-state index in [9.17, 15) is 4.79 Å². The molecule has 0 spiro atoms. The van der Waals surface area contributed by atoms with Crippen LogP contribution in [-0.2, 0) is 4.79 Å². The minimum atomic E-state index is -0.436. The van der Waals surface area contributed by atoms with E-state index >= 15 is 0 Å². The lowest BCUT2D eigenvalue weighted by molar-refractivity contribution is -0.128. The van der Waals surface area contributed by atoms with E-state index in [0.29, 0.717) is 5.75 Å². The normalized spacial score (nSPS) is 13.9. The second-order valence-corrected chi connectivity index (χ2v) is 3.49. The fourth-order valence-electron chi connectivity index (χ4n) is 1.57. The second kappa shape index (κ2) is 4.66. The van der Waals surface area contributed by atoms with E-state index < -0.39 is 5.97 Å². The van der Waals surface area contributed by atoms with Gasteiger partial charge in [0.25, 0.3) is 0 Å². The molecular weight excluding hydrogens is 202 g/mol. The Morgan fingerprint density at radius 3 is 2.69 bits per heavy atom. The molecule has 2 rings (SSSR count). The van der Waals surface area contributed by atoms with Crippen molar-refractivity contribution in [1.29, 1.82) is 0 Å². The lowest BCUT2D eigenvalue weighted by Crippen LogP contribution is -2.11. The zero-order chi connectivity index (χ0) is 11.4. The fourth-order valence-corrected chi connectivity index (χ4v) is 1.57. The van der Waals surface area contributed by atoms with Crippen LogP contribution in [0.15, 0.2) is 49.2 Å². The second-order valence-electron chi connectivity index (χ2n) is 3.49. The molecule has 1 aromatic carbocycles. The largest absolute Gasteiger partial charge is 0.423 e. The molecule has 0 aliphatic carbocycles. The molecular formula is C13H13NO2. The minimum Gasteiger partial charge on any atom is -0.423 e. The molecule has 0 fully saturated rings. The van der Waals surface area contributed by atoms with Gasteiger partial charge in [0.05, 0.1) is 0 Å². The van der Waals surface area contributed by atoms with Crippen LogP contribution in [0, 0.1) is 0 Å². The highest BCUT2D eigenvalue weighted by Crippen LogP contribution is 2.22. The minimum absolute atomic E-state index is 0.436. The molecule has 16 heavy (non-hydrogen) atoms. The molecule has 0 unspecified atom stereocenters. The Bertz CT molecular complexity index is 420. The van der Waals surface area contributed by atoms with Crippen molar-refractivity contribution in [2.75, 3.05) is 11.4 Å². The highest BCUT2D eigenvalue weighted by atomic mass is 16.5. The van der Waals surface area contributed by atoms with Crippen LogP contribution < -0.4 is 9.64 Å². The molecule has 0 N–H and O–H groups in total. The Balaban J connectivity index is 2.06. The van der Waals surface area contributed by atoms with Gasteiger partial charge in [-0.25, -0.2) is 4.79 Å². The average molecular weight is 215 g/mol. The van der Waals surface area contributed by atoms with Crippen LogP contribution >= 0.6 is 0 Å². The summed E-state index contributed by atoms with van der Waals surface area (Å²) in [7, 11) is 0. The van der Waals surface area contributed by atoms with Gasteiger partial charge in [0.2, 0.25) is 0 Å². The third-order valence-corrected chi connectivity index (χ3v) is 2.38. The standard InChI is InChI=1S/C13H13NO2/c1-2-13(15)16-12-7-5-11(6-8-12)14-9-3-4-10-14/h2-3,5-9H,1,4,10H2. The van der Waals surface area contributed by atoms with Gasteiger partial charge >= 0.3 is 5.97 Å². The summed E-state index contributed by atoms with van der Waals surface area (Å²) in [5, 5.41) is 0. The first-order valence-corrected chi connectivity index (χ1v) is 5.17. The number of nitrogens with zero attached hydrogens (tertiary/aromatic N) is 1. The lowest BCUT2D eigenvalue weighted by atomic mass is 10.3. The first-order valence-electron chi connectivity index (χ1n) is 5.17. The van der Waals surface area contributed by atoms with Crippen molar-refractivity contribution in [2.24, 2.45) is 0 Å². The molecule has 0 saturated carbocycles. The van der Waals surface area contributed by atoms with Crippen LogP contribution in [-0.4, -0.2) is 12.5 Å². The Morgan fingerprint density at radius 2 is 2.12 bits per heavy atom. The van der Waals surface area contributed by atoms with Gasteiger partial charge < -0.3 is 9.64 Å². The van der Waals surface area contributed by atoms with Gasteiger partial charge in [-0.05, 0) is 30.7 Å². The number of hydrogen-bond acceptors (Lipinski definition) is 3. The Morgan fingerprint density at radius 1 is 1.38 bits per heavy atom. The summed E-state index contributed by atoms with van der Waals surface area (Å²) in [5.41, 5.74) is 1.10. The van der Waals surface area contributed by atoms with E-state index in [2.05, 4.69) is 23.8 Å². The van der Waals surface area contributed by atoms with Crippen LogP contribution in [0.5, 0.6) is 5.75 Å². The van der Waals surface area contributed by atoms with Crippen molar-refractivity contribution < 1.29 is 9.53 Å². The molecule has 82 valence electrons. The molecule has 1 aromatic rings. The van der Waals surface area contributed by atoms with Gasteiger partial charge in [-0.3, -0.25) is 0 Å². The smallest absolute Gasteiger partial charge is 0.335 e. The topological polar surface area (TPSA) is 29.5 Å². The summed E-state index contributed by atoms with van der Waals surface area (Å²) in [6, 6.07) is 7.43. The molecule has 0 amide bonds. The summed E-state index contributed by atoms with van der Waals surface area (Å²) in [6.45, 7) is 4.35. The fraction of sp³-hybridized carbons (Fsp3) is 0.154. The van der Waals surface area contributed by atoms with Crippen LogP contribution in [0.25, 0.3) is 0 Å². The summed E-state index contributed by atoms with van der Waals surface area (Å²) in [5.74, 6) is 0.102. The highest BCUT2D eigenvalue weighted by molar-refractivity contribution is 5.83. The van der Waals surface area contributed by atoms with Crippen molar-refractivity contribution in [1.82, 2.24) is 0 Å². The van der Waals surface area contributed by atoms with Crippen molar-refractivity contribution >= 4 is 11.7 Å². The van der Waals surface area contributed by atoms with Gasteiger partial charge in [-0.1, -0.05) is 12.7 Å². The number of benzene rings is 1. The molecule has 1 aliphatic heterocycles. The Kier molecular flexibility index (Phi) is 3.05. The number of hydrogen-bond donors (Lipinski definition) is 0. The van der Waals surface area contributed by atoms with Crippen LogP contribution in [0.1, 0.15) is 6.42 Å². The highest BCUT2D eigenvalue weighted by Gasteiger charge is 2.07. The van der Waals surface area contributed by atoms with Crippen molar-refractivity contribution in [2.45, 2.75) is 6.42 Å². The van der Waals surface area contributed by atoms with Crippen LogP contribution in [0.4, 0.5) is 5.69 Å². The molecule has 1 aliphatic rings. The van der Waals surface area contributed by atoms with Gasteiger partial charge in [-0.15, -0.1) is 0 Å². The number of ether oxygens (including phenoxy) is 1. The number of carbonyl (C=O) groups is 1. The summed E-state index contributed by atoms with van der Waals surface area (Å²) >= 11 is 0. The van der Waals surface area contributed by atoms with Crippen LogP contribution in [0.2, 0.25) is 0 Å². The number of anilines is 1. The molecule has 1 heterocycles. The average Bonchev–Trinajstić information content (AvgIpc) is 2.83. The Hall–Kier alpha value is -2.03. The monoisotopic (exact) mass is 215 g/mol.